The molecule has 1 aromatic carbocycles. The number of nitrogens with one attached hydrogen (secondary N) is 1. The van der Waals surface area contributed by atoms with E-state index in [-0.39, 0.29) is 54.5 Å². The van der Waals surface area contributed by atoms with Crippen molar-refractivity contribution in [1.82, 2.24) is 10.2 Å². The number of ether oxygens (including phenoxy) is 3. The second-order valence-corrected chi connectivity index (χ2v) is 13.5. The summed E-state index contributed by atoms with van der Waals surface area (Å²) in [4.78, 5) is 15.9. The molecule has 0 bridgehead atoms. The minimum absolute atomic E-state index is 0. The summed E-state index contributed by atoms with van der Waals surface area (Å²) in [5, 5.41) is 14.5. The summed E-state index contributed by atoms with van der Waals surface area (Å²) in [5.41, 5.74) is 7.78. The Morgan fingerprint density at radius 3 is 2.25 bits per heavy atom. The third-order valence-corrected chi connectivity index (χ3v) is 9.27. The van der Waals surface area contributed by atoms with Crippen molar-refractivity contribution in [1.29, 1.82) is 0 Å². The van der Waals surface area contributed by atoms with Gasteiger partial charge < -0.3 is 35.3 Å². The first-order valence-electron chi connectivity index (χ1n) is 16.4. The van der Waals surface area contributed by atoms with Crippen molar-refractivity contribution < 1.29 is 24.1 Å². The molecule has 0 aromatic heterocycles. The fourth-order valence-electron chi connectivity index (χ4n) is 6.10. The van der Waals surface area contributed by atoms with Gasteiger partial charge in [0.15, 0.2) is 11.5 Å². The van der Waals surface area contributed by atoms with Gasteiger partial charge in [0.2, 0.25) is 5.91 Å². The molecular formula is C34H61Cl2N3O5. The molecule has 3 rings (SSSR count). The molecule has 1 aliphatic carbocycles. The van der Waals surface area contributed by atoms with Gasteiger partial charge in [0.05, 0.1) is 19.8 Å². The Balaban J connectivity index is 0.00000484. The highest BCUT2D eigenvalue weighted by atomic mass is 35.5. The van der Waals surface area contributed by atoms with E-state index in [0.717, 1.165) is 56.0 Å². The number of halogens is 2. The Morgan fingerprint density at radius 2 is 1.68 bits per heavy atom. The Labute approximate surface area is 279 Å². The second kappa shape index (κ2) is 20.8. The Hall–Kier alpha value is -1.29. The number of rotatable bonds is 19. The third-order valence-electron chi connectivity index (χ3n) is 9.27. The van der Waals surface area contributed by atoms with Gasteiger partial charge in [0.25, 0.3) is 0 Å². The first-order valence-corrected chi connectivity index (χ1v) is 16.4. The predicted molar refractivity (Wildman–Crippen MR) is 183 cm³/mol. The smallest absolute Gasteiger partial charge is 0.223 e. The van der Waals surface area contributed by atoms with Gasteiger partial charge in [0.1, 0.15) is 0 Å². The number of hydrogen-bond acceptors (Lipinski definition) is 7. The highest BCUT2D eigenvalue weighted by Crippen LogP contribution is 2.32. The molecule has 4 N–H and O–H groups in total. The fraction of sp³-hybridized carbons (Fsp3) is 0.794. The van der Waals surface area contributed by atoms with Gasteiger partial charge in [0, 0.05) is 57.8 Å². The second-order valence-electron chi connectivity index (χ2n) is 13.5. The highest BCUT2D eigenvalue weighted by Gasteiger charge is 2.32. The number of carbonyl (C=O) groups excluding carboxylic acids is 1. The van der Waals surface area contributed by atoms with Crippen molar-refractivity contribution in [3.8, 4) is 11.5 Å². The van der Waals surface area contributed by atoms with E-state index in [1.54, 1.807) is 14.2 Å². The lowest BCUT2D eigenvalue weighted by Crippen LogP contribution is -2.48. The van der Waals surface area contributed by atoms with Gasteiger partial charge in [-0.05, 0) is 86.3 Å². The van der Waals surface area contributed by atoms with E-state index in [1.165, 1.54) is 19.4 Å². The molecule has 2 fully saturated rings. The molecule has 44 heavy (non-hydrogen) atoms. The maximum atomic E-state index is 13.3. The molecule has 1 aliphatic heterocycles. The molecule has 256 valence electrons. The molecule has 0 spiro atoms. The number of aliphatic hydroxyl groups is 1. The van der Waals surface area contributed by atoms with Crippen LogP contribution in [-0.4, -0.2) is 81.2 Å². The van der Waals surface area contributed by atoms with Crippen LogP contribution in [0.4, 0.5) is 0 Å². The summed E-state index contributed by atoms with van der Waals surface area (Å²) in [6.45, 7) is 13.1. The number of aliphatic hydroxyl groups excluding tert-OH is 1. The quantitative estimate of drug-likeness (QED) is 0.168. The van der Waals surface area contributed by atoms with Crippen molar-refractivity contribution in [2.75, 3.05) is 47.1 Å². The minimum Gasteiger partial charge on any atom is -0.493 e. The average Bonchev–Trinajstić information content (AvgIpc) is 3.78. The Bertz CT molecular complexity index is 941. The minimum atomic E-state index is -0.736. The van der Waals surface area contributed by atoms with Gasteiger partial charge in [-0.15, -0.1) is 24.8 Å². The van der Waals surface area contributed by atoms with Crippen molar-refractivity contribution >= 4 is 30.7 Å². The van der Waals surface area contributed by atoms with Crippen LogP contribution in [0, 0.1) is 29.6 Å². The zero-order valence-electron chi connectivity index (χ0n) is 28.0. The summed E-state index contributed by atoms with van der Waals surface area (Å²) >= 11 is 0. The molecule has 4 atom stereocenters. The summed E-state index contributed by atoms with van der Waals surface area (Å²) in [5.74, 6) is 2.94. The number of carbonyl (C=O) groups is 1. The van der Waals surface area contributed by atoms with Crippen LogP contribution in [0.5, 0.6) is 11.5 Å². The van der Waals surface area contributed by atoms with Gasteiger partial charge in [-0.25, -0.2) is 0 Å². The molecule has 1 heterocycles. The summed E-state index contributed by atoms with van der Waals surface area (Å²) < 4.78 is 16.6. The molecule has 1 saturated carbocycles. The third kappa shape index (κ3) is 13.6. The number of nitrogens with zero attached hydrogens (tertiary/aromatic N) is 1. The zero-order chi connectivity index (χ0) is 30.6. The van der Waals surface area contributed by atoms with Crippen LogP contribution in [-0.2, 0) is 16.0 Å². The number of piperidine rings is 1. The maximum absolute atomic E-state index is 13.3. The number of likely N-dealkylation sites (tertiary alicyclic amines) is 1. The van der Waals surface area contributed by atoms with E-state index >= 15 is 0 Å². The van der Waals surface area contributed by atoms with Gasteiger partial charge in [-0.3, -0.25) is 4.79 Å². The molecule has 1 amide bonds. The van der Waals surface area contributed by atoms with Crippen molar-refractivity contribution in [2.45, 2.75) is 97.2 Å². The van der Waals surface area contributed by atoms with Crippen LogP contribution < -0.4 is 20.5 Å². The first-order chi connectivity index (χ1) is 20.1. The summed E-state index contributed by atoms with van der Waals surface area (Å²) in [6.07, 6.45) is 6.73. The van der Waals surface area contributed by atoms with Crippen LogP contribution >= 0.6 is 24.8 Å². The molecule has 1 aromatic rings. The molecule has 10 heteroatoms. The van der Waals surface area contributed by atoms with Crippen LogP contribution in [0.3, 0.4) is 0 Å². The fourth-order valence-corrected chi connectivity index (χ4v) is 6.10. The number of methoxy groups -OCH3 is 2. The maximum Gasteiger partial charge on any atom is 0.223 e. The summed E-state index contributed by atoms with van der Waals surface area (Å²) in [6, 6.07) is 5.91. The lowest BCUT2D eigenvalue weighted by atomic mass is 9.80. The monoisotopic (exact) mass is 661 g/mol. The summed E-state index contributed by atoms with van der Waals surface area (Å²) in [7, 11) is 3.34. The number of hydrogen-bond donors (Lipinski definition) is 3. The van der Waals surface area contributed by atoms with Gasteiger partial charge in [-0.2, -0.15) is 0 Å². The molecule has 1 saturated heterocycles. The van der Waals surface area contributed by atoms with Crippen LogP contribution in [0.15, 0.2) is 18.2 Å². The first kappa shape index (κ1) is 40.7. The van der Waals surface area contributed by atoms with E-state index in [4.69, 9.17) is 19.9 Å². The lowest BCUT2D eigenvalue weighted by Gasteiger charge is -2.34. The molecule has 8 nitrogen and oxygen atoms in total. The van der Waals surface area contributed by atoms with Gasteiger partial charge in [-0.1, -0.05) is 33.8 Å². The molecule has 4 unspecified atom stereocenters. The van der Waals surface area contributed by atoms with E-state index < -0.39 is 12.1 Å². The highest BCUT2D eigenvalue weighted by molar-refractivity contribution is 5.85. The topological polar surface area (TPSA) is 106 Å². The standard InChI is InChI=1S/C34H59N3O5.2ClH/c1-23(2)27(18-26-10-11-32(41-6)33(19-26)42-17-7-16-40-5)20-30(35)31(38)21-29(24(3)4)34(39)36-28-12-14-37(15-13-28)22-25-8-9-25;;/h10-11,19,23-25,27-31,38H,7-9,12-18,20-22,35H2,1-6H3,(H,36,39);2*1H. The van der Waals surface area contributed by atoms with Crippen LogP contribution in [0.1, 0.15) is 78.2 Å². The van der Waals surface area contributed by atoms with E-state index in [9.17, 15) is 9.90 Å². The molecule has 0 radical (unpaired) electrons. The Kier molecular flexibility index (Phi) is 19.2. The predicted octanol–water partition coefficient (Wildman–Crippen LogP) is 5.50. The SMILES string of the molecule is COCCCOc1cc(CC(CC(N)C(O)CC(C(=O)NC2CCN(CC3CC3)CC2)C(C)C)C(C)C)ccc1OC.Cl.Cl. The number of nitrogens with two attached hydrogens (primary N) is 1. The van der Waals surface area contributed by atoms with E-state index in [0.29, 0.717) is 37.7 Å². The number of amides is 1. The van der Waals surface area contributed by atoms with Crippen LogP contribution in [0.2, 0.25) is 0 Å². The zero-order valence-corrected chi connectivity index (χ0v) is 29.6. The van der Waals surface area contributed by atoms with Crippen molar-refractivity contribution in [3.63, 3.8) is 0 Å². The normalized spacial score (nSPS) is 18.6. The molecular weight excluding hydrogens is 601 g/mol. The largest absolute Gasteiger partial charge is 0.493 e. The van der Waals surface area contributed by atoms with E-state index in [2.05, 4.69) is 50.0 Å². The Morgan fingerprint density at radius 1 is 1.00 bits per heavy atom. The van der Waals surface area contributed by atoms with Gasteiger partial charge >= 0.3 is 0 Å². The molecule has 2 aliphatic rings. The van der Waals surface area contributed by atoms with E-state index in [1.807, 2.05) is 6.07 Å². The number of benzene rings is 1. The lowest BCUT2D eigenvalue weighted by molar-refractivity contribution is -0.128. The van der Waals surface area contributed by atoms with Crippen molar-refractivity contribution in [3.05, 3.63) is 23.8 Å². The van der Waals surface area contributed by atoms with Crippen LogP contribution in [0.25, 0.3) is 0 Å². The van der Waals surface area contributed by atoms with Crippen molar-refractivity contribution in [2.24, 2.45) is 35.3 Å². The average molecular weight is 663 g/mol.